The van der Waals surface area contributed by atoms with E-state index in [-0.39, 0.29) is 24.2 Å². The number of hydrogen-bond donors (Lipinski definition) is 1. The van der Waals surface area contributed by atoms with Gasteiger partial charge >= 0.3 is 0 Å². The van der Waals surface area contributed by atoms with E-state index in [4.69, 9.17) is 5.26 Å². The molecule has 1 N–H and O–H groups in total. The Balaban J connectivity index is 1.54. The quantitative estimate of drug-likeness (QED) is 0.477. The molecule has 1 aliphatic rings. The zero-order valence-electron chi connectivity index (χ0n) is 20.5. The lowest BCUT2D eigenvalue weighted by molar-refractivity contribution is -0.122. The molecule has 0 saturated carbocycles. The van der Waals surface area contributed by atoms with E-state index in [9.17, 15) is 13.2 Å². The molecule has 0 bridgehead atoms. The summed E-state index contributed by atoms with van der Waals surface area (Å²) >= 11 is 0. The van der Waals surface area contributed by atoms with E-state index in [1.807, 2.05) is 52.8 Å². The van der Waals surface area contributed by atoms with Gasteiger partial charge in [-0.25, -0.2) is 18.1 Å². The van der Waals surface area contributed by atoms with Gasteiger partial charge in [0.15, 0.2) is 0 Å². The van der Waals surface area contributed by atoms with Crippen molar-refractivity contribution in [3.05, 3.63) is 83.4 Å². The maximum absolute atomic E-state index is 13.2. The summed E-state index contributed by atoms with van der Waals surface area (Å²) in [6.07, 6.45) is 3.92. The number of amides is 1. The van der Waals surface area contributed by atoms with Crippen molar-refractivity contribution in [2.24, 2.45) is 0 Å². The van der Waals surface area contributed by atoms with Crippen LogP contribution < -0.4 is 9.62 Å². The van der Waals surface area contributed by atoms with Gasteiger partial charge in [0.05, 0.1) is 36.0 Å². The molecule has 10 heteroatoms. The van der Waals surface area contributed by atoms with Gasteiger partial charge in [0.1, 0.15) is 0 Å². The molecule has 2 heterocycles. The normalized spacial score (nSPS) is 16.8. The fraction of sp³-hybridized carbons (Fsp3) is 0.346. The minimum atomic E-state index is -3.38. The Kier molecular flexibility index (Phi) is 7.84. The number of hydrogen-bond acceptors (Lipinski definition) is 6. The Morgan fingerprint density at radius 3 is 2.64 bits per heavy atom. The molecular weight excluding hydrogens is 476 g/mol. The summed E-state index contributed by atoms with van der Waals surface area (Å²) in [4.78, 5) is 21.3. The Labute approximate surface area is 212 Å². The molecule has 0 unspecified atom stereocenters. The van der Waals surface area contributed by atoms with E-state index in [1.165, 1.54) is 7.05 Å². The van der Waals surface area contributed by atoms with Crippen molar-refractivity contribution in [1.29, 1.82) is 5.26 Å². The molecule has 1 saturated heterocycles. The van der Waals surface area contributed by atoms with E-state index in [2.05, 4.69) is 15.8 Å². The summed E-state index contributed by atoms with van der Waals surface area (Å²) in [5, 5.41) is 9.03. The Morgan fingerprint density at radius 2 is 1.94 bits per heavy atom. The number of benzene rings is 2. The number of nitriles is 1. The van der Waals surface area contributed by atoms with Gasteiger partial charge in [0.2, 0.25) is 15.9 Å². The first kappa shape index (κ1) is 25.6. The first-order chi connectivity index (χ1) is 17.3. The van der Waals surface area contributed by atoms with Gasteiger partial charge < -0.3 is 9.47 Å². The summed E-state index contributed by atoms with van der Waals surface area (Å²) in [5.74, 6) is -0.0446. The van der Waals surface area contributed by atoms with E-state index >= 15 is 0 Å². The lowest BCUT2D eigenvalue weighted by Gasteiger charge is -2.41. The van der Waals surface area contributed by atoms with Crippen LogP contribution in [0.4, 0.5) is 5.69 Å². The number of rotatable bonds is 9. The van der Waals surface area contributed by atoms with E-state index in [0.29, 0.717) is 31.6 Å². The fourth-order valence-corrected chi connectivity index (χ4v) is 5.21. The summed E-state index contributed by atoms with van der Waals surface area (Å²) < 4.78 is 28.8. The Bertz CT molecular complexity index is 1360. The molecule has 188 valence electrons. The van der Waals surface area contributed by atoms with Crippen molar-refractivity contribution in [2.45, 2.75) is 32.5 Å². The van der Waals surface area contributed by atoms with Crippen LogP contribution in [-0.2, 0) is 27.9 Å². The Morgan fingerprint density at radius 1 is 1.17 bits per heavy atom. The van der Waals surface area contributed by atoms with Crippen LogP contribution in [0.25, 0.3) is 0 Å². The first-order valence-electron chi connectivity index (χ1n) is 11.8. The highest BCUT2D eigenvalue weighted by Gasteiger charge is 2.34. The third-order valence-electron chi connectivity index (χ3n) is 6.49. The molecule has 1 aliphatic heterocycles. The van der Waals surface area contributed by atoms with Crippen molar-refractivity contribution in [1.82, 2.24) is 19.2 Å². The predicted octanol–water partition coefficient (Wildman–Crippen LogP) is 2.27. The second-order valence-electron chi connectivity index (χ2n) is 9.04. The molecule has 1 amide bonds. The molecule has 1 atom stereocenters. The topological polar surface area (TPSA) is 111 Å². The number of piperazine rings is 1. The summed E-state index contributed by atoms with van der Waals surface area (Å²) in [5.41, 5.74) is 4.45. The van der Waals surface area contributed by atoms with Crippen LogP contribution in [-0.4, -0.2) is 60.7 Å². The monoisotopic (exact) mass is 506 g/mol. The molecule has 0 spiro atoms. The average Bonchev–Trinajstić information content (AvgIpc) is 3.30. The van der Waals surface area contributed by atoms with Crippen molar-refractivity contribution < 1.29 is 13.2 Å². The van der Waals surface area contributed by atoms with Gasteiger partial charge in [-0.05, 0) is 55.8 Å². The number of imidazole rings is 1. The summed E-state index contributed by atoms with van der Waals surface area (Å²) in [6.45, 7) is 3.62. The maximum atomic E-state index is 13.2. The summed E-state index contributed by atoms with van der Waals surface area (Å²) in [6, 6.07) is 17.2. The van der Waals surface area contributed by atoms with Gasteiger partial charge in [0, 0.05) is 37.6 Å². The largest absolute Gasteiger partial charge is 0.329 e. The highest BCUT2D eigenvalue weighted by atomic mass is 32.2. The minimum Gasteiger partial charge on any atom is -0.329 e. The van der Waals surface area contributed by atoms with Crippen LogP contribution in [0.2, 0.25) is 0 Å². The summed E-state index contributed by atoms with van der Waals surface area (Å²) in [7, 11) is -1.97. The maximum Gasteiger partial charge on any atom is 0.241 e. The minimum absolute atomic E-state index is 0.0218. The lowest BCUT2D eigenvalue weighted by Crippen LogP contribution is -2.56. The van der Waals surface area contributed by atoms with Crippen LogP contribution in [0.3, 0.4) is 0 Å². The zero-order valence-corrected chi connectivity index (χ0v) is 21.3. The SMILES string of the molecule is CNS(=O)(=O)CC[C@H]1CN(c2cccc(C)c2)C(=O)CN1Cc1cncn1Cc1ccc(C#N)cc1. The second-order valence-corrected chi connectivity index (χ2v) is 11.1. The van der Waals surface area contributed by atoms with Gasteiger partial charge in [-0.2, -0.15) is 5.26 Å². The van der Waals surface area contributed by atoms with E-state index < -0.39 is 10.0 Å². The zero-order chi connectivity index (χ0) is 25.7. The Hall–Kier alpha value is -3.52. The number of carbonyl (C=O) groups is 1. The molecule has 0 radical (unpaired) electrons. The number of aryl methyl sites for hydroxylation is 1. The van der Waals surface area contributed by atoms with Gasteiger partial charge in [-0.15, -0.1) is 0 Å². The van der Waals surface area contributed by atoms with E-state index in [1.54, 1.807) is 29.6 Å². The molecule has 36 heavy (non-hydrogen) atoms. The smallest absolute Gasteiger partial charge is 0.241 e. The number of carbonyl (C=O) groups excluding carboxylic acids is 1. The molecule has 4 rings (SSSR count). The van der Waals surface area contributed by atoms with Crippen LogP contribution in [0.15, 0.2) is 61.1 Å². The van der Waals surface area contributed by atoms with Crippen molar-refractivity contribution in [3.63, 3.8) is 0 Å². The first-order valence-corrected chi connectivity index (χ1v) is 13.4. The molecule has 3 aromatic rings. The van der Waals surface area contributed by atoms with Crippen LogP contribution in [0.1, 0.15) is 28.8 Å². The van der Waals surface area contributed by atoms with Crippen molar-refractivity contribution in [2.75, 3.05) is 30.8 Å². The molecular formula is C26H30N6O3S. The molecule has 2 aromatic carbocycles. The van der Waals surface area contributed by atoms with Crippen molar-refractivity contribution in [3.8, 4) is 6.07 Å². The molecule has 0 aliphatic carbocycles. The number of nitrogens with zero attached hydrogens (tertiary/aromatic N) is 5. The third kappa shape index (κ3) is 6.18. The number of anilines is 1. The van der Waals surface area contributed by atoms with E-state index in [0.717, 1.165) is 22.5 Å². The molecule has 9 nitrogen and oxygen atoms in total. The second kappa shape index (κ2) is 11.0. The highest BCUT2D eigenvalue weighted by Crippen LogP contribution is 2.24. The number of aromatic nitrogens is 2. The van der Waals surface area contributed by atoms with Crippen LogP contribution in [0.5, 0.6) is 0 Å². The average molecular weight is 507 g/mol. The standard InChI is InChI=1S/C26H30N6O3S/c1-20-4-3-5-23(12-20)32-17-24(10-11-36(34,35)28-2)30(18-26(32)33)16-25-14-29-19-31(25)15-22-8-6-21(13-27)7-9-22/h3-9,12,14,19,24,28H,10-11,15-18H2,1-2H3/t24-/m0/s1. The van der Waals surface area contributed by atoms with Crippen LogP contribution in [0, 0.1) is 18.3 Å². The number of sulfonamides is 1. The predicted molar refractivity (Wildman–Crippen MR) is 138 cm³/mol. The van der Waals surface area contributed by atoms with Gasteiger partial charge in [0.25, 0.3) is 0 Å². The lowest BCUT2D eigenvalue weighted by atomic mass is 10.1. The third-order valence-corrected chi connectivity index (χ3v) is 7.89. The number of nitrogens with one attached hydrogen (secondary N) is 1. The molecule has 1 aromatic heterocycles. The molecule has 1 fully saturated rings. The van der Waals surface area contributed by atoms with Crippen LogP contribution >= 0.6 is 0 Å². The van der Waals surface area contributed by atoms with Crippen molar-refractivity contribution >= 4 is 21.6 Å². The fourth-order valence-electron chi connectivity index (χ4n) is 4.43. The highest BCUT2D eigenvalue weighted by molar-refractivity contribution is 7.89. The van der Waals surface area contributed by atoms with Gasteiger partial charge in [-0.3, -0.25) is 9.69 Å². The van der Waals surface area contributed by atoms with Gasteiger partial charge in [-0.1, -0.05) is 24.3 Å².